The first-order valence-corrected chi connectivity index (χ1v) is 4.11. The summed E-state index contributed by atoms with van der Waals surface area (Å²) in [5.74, 6) is 0. The summed E-state index contributed by atoms with van der Waals surface area (Å²) in [6, 6.07) is -0.702. The maximum absolute atomic E-state index is 10.1. The fraction of sp³-hybridized carbons (Fsp3) is 0.875. The normalized spacial score (nSPS) is 15.9. The number of aliphatic hydroxyl groups excluding tert-OH is 1. The number of aliphatic hydroxyl groups is 1. The van der Waals surface area contributed by atoms with E-state index in [-0.39, 0.29) is 0 Å². The lowest BCUT2D eigenvalue weighted by Crippen LogP contribution is -2.35. The summed E-state index contributed by atoms with van der Waals surface area (Å²) in [5, 5.41) is 9.19. The number of carbonyl (C=O) groups excluding carboxylic acids is 1. The van der Waals surface area contributed by atoms with Gasteiger partial charge in [-0.25, -0.2) is 0 Å². The molecule has 0 bridgehead atoms. The van der Waals surface area contributed by atoms with E-state index < -0.39 is 12.1 Å². The zero-order valence-electron chi connectivity index (χ0n) is 6.99. The average Bonchev–Trinajstić information content (AvgIpc) is 2.03. The molecule has 0 amide bonds. The highest BCUT2D eigenvalue weighted by atomic mass is 16.3. The summed E-state index contributed by atoms with van der Waals surface area (Å²) in [5.41, 5.74) is 5.28. The van der Waals surface area contributed by atoms with Gasteiger partial charge >= 0.3 is 0 Å². The Bertz CT molecular complexity index is 106. The van der Waals surface area contributed by atoms with E-state index in [2.05, 4.69) is 6.92 Å². The fourth-order valence-corrected chi connectivity index (χ4v) is 0.887. The largest absolute Gasteiger partial charge is 0.391 e. The van der Waals surface area contributed by atoms with E-state index in [1.165, 1.54) is 0 Å². The summed E-state index contributed by atoms with van der Waals surface area (Å²) >= 11 is 0. The van der Waals surface area contributed by atoms with Gasteiger partial charge in [0.2, 0.25) is 0 Å². The Labute approximate surface area is 67.6 Å². The molecule has 0 aliphatic carbocycles. The van der Waals surface area contributed by atoms with Gasteiger partial charge in [-0.3, -0.25) is 0 Å². The van der Waals surface area contributed by atoms with Gasteiger partial charge in [-0.05, 0) is 6.42 Å². The quantitative estimate of drug-likeness (QED) is 0.437. The Morgan fingerprint density at radius 3 is 2.64 bits per heavy atom. The molecular formula is C8H17NO2. The van der Waals surface area contributed by atoms with Crippen LogP contribution in [0.3, 0.4) is 0 Å². The van der Waals surface area contributed by atoms with E-state index in [0.717, 1.165) is 19.3 Å². The van der Waals surface area contributed by atoms with Crippen LogP contribution in [0.25, 0.3) is 0 Å². The highest BCUT2D eigenvalue weighted by molar-refractivity contribution is 5.57. The van der Waals surface area contributed by atoms with Crippen LogP contribution < -0.4 is 5.73 Å². The van der Waals surface area contributed by atoms with Crippen molar-refractivity contribution in [3.63, 3.8) is 0 Å². The minimum atomic E-state index is -0.702. The van der Waals surface area contributed by atoms with Gasteiger partial charge in [0.1, 0.15) is 6.29 Å². The molecule has 0 saturated heterocycles. The number of carbonyl (C=O) groups is 1. The topological polar surface area (TPSA) is 63.3 Å². The zero-order chi connectivity index (χ0) is 8.69. The van der Waals surface area contributed by atoms with Crippen molar-refractivity contribution in [2.45, 2.75) is 44.8 Å². The standard InChI is InChI=1S/C8H17NO2/c1-2-3-4-5-8(11)7(9)6-10/h6-8,11H,2-5,9H2,1H3. The fourth-order valence-electron chi connectivity index (χ4n) is 0.887. The van der Waals surface area contributed by atoms with Crippen molar-refractivity contribution in [1.82, 2.24) is 0 Å². The van der Waals surface area contributed by atoms with Crippen molar-refractivity contribution in [2.75, 3.05) is 0 Å². The van der Waals surface area contributed by atoms with E-state index in [4.69, 9.17) is 5.73 Å². The first-order chi connectivity index (χ1) is 5.22. The van der Waals surface area contributed by atoms with Crippen molar-refractivity contribution in [3.8, 4) is 0 Å². The number of hydrogen-bond donors (Lipinski definition) is 2. The summed E-state index contributed by atoms with van der Waals surface area (Å²) < 4.78 is 0. The van der Waals surface area contributed by atoms with Gasteiger partial charge in [-0.1, -0.05) is 26.2 Å². The molecule has 0 aromatic heterocycles. The molecule has 0 aliphatic heterocycles. The third kappa shape index (κ3) is 4.93. The van der Waals surface area contributed by atoms with Crippen molar-refractivity contribution in [3.05, 3.63) is 0 Å². The molecule has 11 heavy (non-hydrogen) atoms. The van der Waals surface area contributed by atoms with Gasteiger partial charge in [0.25, 0.3) is 0 Å². The SMILES string of the molecule is CCCCCC(O)C(N)C=O. The Kier molecular flexibility index (Phi) is 6.07. The number of rotatable bonds is 6. The minimum absolute atomic E-state index is 0.594. The van der Waals surface area contributed by atoms with Crippen LogP contribution in [0.15, 0.2) is 0 Å². The molecule has 2 unspecified atom stereocenters. The lowest BCUT2D eigenvalue weighted by Gasteiger charge is -2.12. The molecule has 0 aromatic rings. The van der Waals surface area contributed by atoms with E-state index in [1.54, 1.807) is 0 Å². The van der Waals surface area contributed by atoms with Crippen molar-refractivity contribution in [1.29, 1.82) is 0 Å². The molecule has 0 spiro atoms. The first kappa shape index (κ1) is 10.6. The van der Waals surface area contributed by atoms with Crippen LogP contribution in [0, 0.1) is 0 Å². The molecule has 0 heterocycles. The van der Waals surface area contributed by atoms with Crippen LogP contribution in [0.2, 0.25) is 0 Å². The predicted molar refractivity (Wildman–Crippen MR) is 44.2 cm³/mol. The second-order valence-corrected chi connectivity index (χ2v) is 2.78. The van der Waals surface area contributed by atoms with Gasteiger partial charge in [0, 0.05) is 0 Å². The monoisotopic (exact) mass is 159 g/mol. The van der Waals surface area contributed by atoms with E-state index in [0.29, 0.717) is 12.7 Å². The van der Waals surface area contributed by atoms with E-state index >= 15 is 0 Å². The van der Waals surface area contributed by atoms with Gasteiger partial charge in [0.05, 0.1) is 12.1 Å². The average molecular weight is 159 g/mol. The number of unbranched alkanes of at least 4 members (excludes halogenated alkanes) is 2. The van der Waals surface area contributed by atoms with Crippen molar-refractivity contribution < 1.29 is 9.90 Å². The van der Waals surface area contributed by atoms with Crippen LogP contribution in [-0.4, -0.2) is 23.5 Å². The number of nitrogens with two attached hydrogens (primary N) is 1. The number of aldehydes is 1. The van der Waals surface area contributed by atoms with Gasteiger partial charge < -0.3 is 15.6 Å². The molecule has 2 atom stereocenters. The van der Waals surface area contributed by atoms with Crippen LogP contribution >= 0.6 is 0 Å². The Morgan fingerprint density at radius 2 is 2.18 bits per heavy atom. The highest BCUT2D eigenvalue weighted by Gasteiger charge is 2.11. The second kappa shape index (κ2) is 6.31. The summed E-state index contributed by atoms with van der Waals surface area (Å²) in [7, 11) is 0. The molecule has 0 saturated carbocycles. The first-order valence-electron chi connectivity index (χ1n) is 4.11. The summed E-state index contributed by atoms with van der Waals surface area (Å²) in [4.78, 5) is 10.1. The third-order valence-corrected chi connectivity index (χ3v) is 1.70. The molecule has 3 nitrogen and oxygen atoms in total. The van der Waals surface area contributed by atoms with Crippen LogP contribution in [-0.2, 0) is 4.79 Å². The number of hydrogen-bond acceptors (Lipinski definition) is 3. The molecule has 66 valence electrons. The summed E-state index contributed by atoms with van der Waals surface area (Å²) in [6.45, 7) is 2.09. The molecule has 0 rings (SSSR count). The Balaban J connectivity index is 3.35. The predicted octanol–water partition coefficient (Wildman–Crippen LogP) is 0.454. The van der Waals surface area contributed by atoms with E-state index in [9.17, 15) is 9.90 Å². The Morgan fingerprint density at radius 1 is 1.55 bits per heavy atom. The zero-order valence-corrected chi connectivity index (χ0v) is 6.99. The second-order valence-electron chi connectivity index (χ2n) is 2.78. The molecule has 0 aromatic carbocycles. The maximum atomic E-state index is 10.1. The smallest absolute Gasteiger partial charge is 0.139 e. The lowest BCUT2D eigenvalue weighted by atomic mass is 10.1. The van der Waals surface area contributed by atoms with Crippen molar-refractivity contribution >= 4 is 6.29 Å². The lowest BCUT2D eigenvalue weighted by molar-refractivity contribution is -0.111. The van der Waals surface area contributed by atoms with E-state index in [1.807, 2.05) is 0 Å². The highest BCUT2D eigenvalue weighted by Crippen LogP contribution is 2.04. The van der Waals surface area contributed by atoms with Crippen LogP contribution in [0.5, 0.6) is 0 Å². The third-order valence-electron chi connectivity index (χ3n) is 1.70. The minimum Gasteiger partial charge on any atom is -0.391 e. The van der Waals surface area contributed by atoms with Gasteiger partial charge in [-0.2, -0.15) is 0 Å². The van der Waals surface area contributed by atoms with Crippen LogP contribution in [0.1, 0.15) is 32.6 Å². The molecule has 0 fully saturated rings. The van der Waals surface area contributed by atoms with Crippen molar-refractivity contribution in [2.24, 2.45) is 5.73 Å². The Hall–Kier alpha value is -0.410. The molecular weight excluding hydrogens is 142 g/mol. The van der Waals surface area contributed by atoms with Gasteiger partial charge in [-0.15, -0.1) is 0 Å². The maximum Gasteiger partial charge on any atom is 0.139 e. The van der Waals surface area contributed by atoms with Gasteiger partial charge in [0.15, 0.2) is 0 Å². The van der Waals surface area contributed by atoms with Crippen LogP contribution in [0.4, 0.5) is 0 Å². The molecule has 3 N–H and O–H groups in total. The summed E-state index contributed by atoms with van der Waals surface area (Å²) in [6.07, 6.45) is 3.72. The molecule has 0 aliphatic rings. The molecule has 3 heteroatoms. The molecule has 0 radical (unpaired) electrons.